The van der Waals surface area contributed by atoms with Crippen molar-refractivity contribution in [1.82, 2.24) is 10.2 Å². The molecule has 0 bridgehead atoms. The maximum atomic E-state index is 5.47. The Hall–Kier alpha value is -0.120. The van der Waals surface area contributed by atoms with Gasteiger partial charge in [-0.15, -0.1) is 0 Å². The molecule has 3 heteroatoms. The van der Waals surface area contributed by atoms with E-state index in [2.05, 4.69) is 31.0 Å². The predicted molar refractivity (Wildman–Crippen MR) is 68.8 cm³/mol. The third kappa shape index (κ3) is 5.83. The van der Waals surface area contributed by atoms with E-state index in [-0.39, 0.29) is 0 Å². The molecular formula is C13H28N2O. The van der Waals surface area contributed by atoms with Crippen molar-refractivity contribution in [2.24, 2.45) is 5.92 Å². The van der Waals surface area contributed by atoms with E-state index in [4.69, 9.17) is 4.74 Å². The summed E-state index contributed by atoms with van der Waals surface area (Å²) in [6, 6.07) is 0.633. The van der Waals surface area contributed by atoms with Crippen LogP contribution in [-0.4, -0.2) is 50.3 Å². The highest BCUT2D eigenvalue weighted by atomic mass is 16.5. The fourth-order valence-electron chi connectivity index (χ4n) is 2.04. The van der Waals surface area contributed by atoms with Crippen molar-refractivity contribution in [2.75, 3.05) is 39.4 Å². The molecule has 96 valence electrons. The molecule has 16 heavy (non-hydrogen) atoms. The molecule has 0 aromatic rings. The number of ether oxygens (including phenoxy) is 1. The van der Waals surface area contributed by atoms with Crippen molar-refractivity contribution in [3.8, 4) is 0 Å². The molecule has 0 radical (unpaired) electrons. The first-order valence-corrected chi connectivity index (χ1v) is 6.72. The largest absolute Gasteiger partial charge is 0.380 e. The summed E-state index contributed by atoms with van der Waals surface area (Å²) in [7, 11) is 0. The monoisotopic (exact) mass is 228 g/mol. The van der Waals surface area contributed by atoms with Crippen LogP contribution >= 0.6 is 0 Å². The Bertz CT molecular complexity index is 165. The fourth-order valence-corrected chi connectivity index (χ4v) is 2.04. The third-order valence-electron chi connectivity index (χ3n) is 3.22. The van der Waals surface area contributed by atoms with Gasteiger partial charge in [0.2, 0.25) is 0 Å². The standard InChI is InChI=1S/C13H28N2O/c1-12(2)5-6-14-11-13(3)15-7-4-9-16-10-8-15/h12-14H,4-11H2,1-3H3. The summed E-state index contributed by atoms with van der Waals surface area (Å²) in [4.78, 5) is 2.54. The van der Waals surface area contributed by atoms with Gasteiger partial charge in [0.25, 0.3) is 0 Å². The Morgan fingerprint density at radius 3 is 2.75 bits per heavy atom. The molecule has 1 aliphatic rings. The number of hydrogen-bond acceptors (Lipinski definition) is 3. The van der Waals surface area contributed by atoms with Crippen LogP contribution in [0.25, 0.3) is 0 Å². The van der Waals surface area contributed by atoms with Crippen molar-refractivity contribution < 1.29 is 4.74 Å². The predicted octanol–water partition coefficient (Wildman–Crippen LogP) is 1.73. The molecule has 0 aliphatic carbocycles. The van der Waals surface area contributed by atoms with E-state index < -0.39 is 0 Å². The highest BCUT2D eigenvalue weighted by molar-refractivity contribution is 4.71. The molecule has 1 rings (SSSR count). The smallest absolute Gasteiger partial charge is 0.0593 e. The molecule has 1 heterocycles. The van der Waals surface area contributed by atoms with Crippen LogP contribution in [0.5, 0.6) is 0 Å². The maximum Gasteiger partial charge on any atom is 0.0593 e. The van der Waals surface area contributed by atoms with Gasteiger partial charge in [-0.05, 0) is 32.2 Å². The number of rotatable bonds is 6. The lowest BCUT2D eigenvalue weighted by Gasteiger charge is -2.27. The minimum Gasteiger partial charge on any atom is -0.380 e. The number of nitrogens with one attached hydrogen (secondary N) is 1. The first kappa shape index (κ1) is 13.9. The second kappa shape index (κ2) is 8.04. The molecule has 3 nitrogen and oxygen atoms in total. The van der Waals surface area contributed by atoms with Gasteiger partial charge in [0.1, 0.15) is 0 Å². The SMILES string of the molecule is CC(C)CCNCC(C)N1CCCOCC1. The molecule has 0 aromatic carbocycles. The molecule has 0 spiro atoms. The van der Waals surface area contributed by atoms with Gasteiger partial charge in [0.05, 0.1) is 6.61 Å². The topological polar surface area (TPSA) is 24.5 Å². The van der Waals surface area contributed by atoms with Gasteiger partial charge < -0.3 is 10.1 Å². The van der Waals surface area contributed by atoms with Gasteiger partial charge in [0.15, 0.2) is 0 Å². The zero-order valence-electron chi connectivity index (χ0n) is 11.2. The quantitative estimate of drug-likeness (QED) is 0.701. The summed E-state index contributed by atoms with van der Waals surface area (Å²) in [6.45, 7) is 13.2. The molecule has 0 saturated carbocycles. The van der Waals surface area contributed by atoms with Crippen LogP contribution in [-0.2, 0) is 4.74 Å². The Labute approximate surface area is 101 Å². The molecule has 0 aromatic heterocycles. The van der Waals surface area contributed by atoms with Crippen molar-refractivity contribution in [3.63, 3.8) is 0 Å². The van der Waals surface area contributed by atoms with Crippen LogP contribution in [0.3, 0.4) is 0 Å². The minimum atomic E-state index is 0.633. The second-order valence-corrected chi connectivity index (χ2v) is 5.24. The molecule has 1 aliphatic heterocycles. The van der Waals surface area contributed by atoms with Crippen LogP contribution < -0.4 is 5.32 Å². The molecular weight excluding hydrogens is 200 g/mol. The van der Waals surface area contributed by atoms with Gasteiger partial charge in [0, 0.05) is 32.3 Å². The van der Waals surface area contributed by atoms with Gasteiger partial charge >= 0.3 is 0 Å². The van der Waals surface area contributed by atoms with Gasteiger partial charge in [-0.3, -0.25) is 4.90 Å². The van der Waals surface area contributed by atoms with Gasteiger partial charge in [-0.25, -0.2) is 0 Å². The second-order valence-electron chi connectivity index (χ2n) is 5.24. The Balaban J connectivity index is 2.10. The summed E-state index contributed by atoms with van der Waals surface area (Å²) < 4.78 is 5.47. The van der Waals surface area contributed by atoms with Crippen LogP contribution in [0.15, 0.2) is 0 Å². The molecule has 0 amide bonds. The highest BCUT2D eigenvalue weighted by Crippen LogP contribution is 2.04. The Morgan fingerprint density at radius 2 is 2.00 bits per heavy atom. The first-order valence-electron chi connectivity index (χ1n) is 6.72. The average Bonchev–Trinajstić information content (AvgIpc) is 2.52. The van der Waals surface area contributed by atoms with Crippen molar-refractivity contribution in [3.05, 3.63) is 0 Å². The lowest BCUT2D eigenvalue weighted by molar-refractivity contribution is 0.133. The van der Waals surface area contributed by atoms with E-state index in [0.29, 0.717) is 6.04 Å². The Kier molecular flexibility index (Phi) is 7.01. The molecule has 1 fully saturated rings. The molecule has 1 atom stereocenters. The molecule has 1 unspecified atom stereocenters. The number of hydrogen-bond donors (Lipinski definition) is 1. The van der Waals surface area contributed by atoms with E-state index in [1.807, 2.05) is 0 Å². The summed E-state index contributed by atoms with van der Waals surface area (Å²) in [5, 5.41) is 3.55. The fraction of sp³-hybridized carbons (Fsp3) is 1.00. The van der Waals surface area contributed by atoms with E-state index in [1.165, 1.54) is 19.4 Å². The van der Waals surface area contributed by atoms with Gasteiger partial charge in [-0.2, -0.15) is 0 Å². The van der Waals surface area contributed by atoms with Crippen molar-refractivity contribution >= 4 is 0 Å². The van der Waals surface area contributed by atoms with E-state index in [0.717, 1.165) is 38.8 Å². The van der Waals surface area contributed by atoms with E-state index in [1.54, 1.807) is 0 Å². The minimum absolute atomic E-state index is 0.633. The van der Waals surface area contributed by atoms with Crippen molar-refractivity contribution in [2.45, 2.75) is 39.7 Å². The normalized spacial score (nSPS) is 21.0. The van der Waals surface area contributed by atoms with E-state index >= 15 is 0 Å². The maximum absolute atomic E-state index is 5.47. The van der Waals surface area contributed by atoms with Crippen LogP contribution in [0.1, 0.15) is 33.6 Å². The zero-order chi connectivity index (χ0) is 11.8. The molecule has 1 N–H and O–H groups in total. The average molecular weight is 228 g/mol. The molecule has 1 saturated heterocycles. The third-order valence-corrected chi connectivity index (χ3v) is 3.22. The van der Waals surface area contributed by atoms with Crippen LogP contribution in [0.2, 0.25) is 0 Å². The van der Waals surface area contributed by atoms with Crippen molar-refractivity contribution in [1.29, 1.82) is 0 Å². The lowest BCUT2D eigenvalue weighted by Crippen LogP contribution is -2.42. The van der Waals surface area contributed by atoms with Crippen LogP contribution in [0, 0.1) is 5.92 Å². The Morgan fingerprint density at radius 1 is 1.19 bits per heavy atom. The lowest BCUT2D eigenvalue weighted by atomic mass is 10.1. The summed E-state index contributed by atoms with van der Waals surface area (Å²) >= 11 is 0. The van der Waals surface area contributed by atoms with E-state index in [9.17, 15) is 0 Å². The van der Waals surface area contributed by atoms with Gasteiger partial charge in [-0.1, -0.05) is 13.8 Å². The first-order chi connectivity index (χ1) is 7.70. The highest BCUT2D eigenvalue weighted by Gasteiger charge is 2.15. The van der Waals surface area contributed by atoms with Crippen LogP contribution in [0.4, 0.5) is 0 Å². The summed E-state index contributed by atoms with van der Waals surface area (Å²) in [5.74, 6) is 0.800. The summed E-state index contributed by atoms with van der Waals surface area (Å²) in [6.07, 6.45) is 2.45. The number of nitrogens with zero attached hydrogens (tertiary/aromatic N) is 1. The zero-order valence-corrected chi connectivity index (χ0v) is 11.2. The summed E-state index contributed by atoms with van der Waals surface area (Å²) in [5.41, 5.74) is 0.